The van der Waals surface area contributed by atoms with Gasteiger partial charge in [0.2, 0.25) is 5.88 Å². The van der Waals surface area contributed by atoms with E-state index >= 15 is 0 Å². The summed E-state index contributed by atoms with van der Waals surface area (Å²) in [6.45, 7) is 6.05. The van der Waals surface area contributed by atoms with Gasteiger partial charge in [-0.25, -0.2) is 4.79 Å². The van der Waals surface area contributed by atoms with Crippen LogP contribution in [0.1, 0.15) is 26.5 Å². The number of carbonyl (C=O) groups is 1. The molecular weight excluding hydrogens is 332 g/mol. The number of hydrogen-bond acceptors (Lipinski definition) is 5. The van der Waals surface area contributed by atoms with Crippen LogP contribution in [0, 0.1) is 0 Å². The SMILES string of the molecule is CC(C)(C)c1cc(NC(=O)Nc2cccc(Oc3ccncc3)c2)on1. The summed E-state index contributed by atoms with van der Waals surface area (Å²) in [6.07, 6.45) is 3.29. The summed E-state index contributed by atoms with van der Waals surface area (Å²) < 4.78 is 10.9. The Bertz CT molecular complexity index is 885. The van der Waals surface area contributed by atoms with E-state index in [0.717, 1.165) is 5.69 Å². The number of nitrogens with zero attached hydrogens (tertiary/aromatic N) is 2. The molecule has 3 rings (SSSR count). The first kappa shape index (κ1) is 17.5. The molecule has 0 spiro atoms. The standard InChI is InChI=1S/C19H20N4O3/c1-19(2,3)16-12-17(26-23-16)22-18(24)21-13-5-4-6-15(11-13)25-14-7-9-20-10-8-14/h4-12H,1-3H3,(H2,21,22,24). The van der Waals surface area contributed by atoms with E-state index < -0.39 is 6.03 Å². The highest BCUT2D eigenvalue weighted by molar-refractivity contribution is 5.99. The molecule has 3 aromatic rings. The molecule has 7 heteroatoms. The van der Waals surface area contributed by atoms with Crippen LogP contribution in [0.4, 0.5) is 16.4 Å². The lowest BCUT2D eigenvalue weighted by atomic mass is 9.92. The minimum absolute atomic E-state index is 0.154. The molecule has 2 aromatic heterocycles. The number of anilines is 2. The van der Waals surface area contributed by atoms with E-state index in [4.69, 9.17) is 9.26 Å². The molecule has 0 aliphatic carbocycles. The van der Waals surface area contributed by atoms with Gasteiger partial charge in [0.05, 0.1) is 5.69 Å². The number of carbonyl (C=O) groups excluding carboxylic acids is 1. The second-order valence-corrected chi connectivity index (χ2v) is 6.72. The van der Waals surface area contributed by atoms with Crippen LogP contribution in [-0.4, -0.2) is 16.2 Å². The van der Waals surface area contributed by atoms with Crippen LogP contribution < -0.4 is 15.4 Å². The Morgan fingerprint density at radius 1 is 1.04 bits per heavy atom. The lowest BCUT2D eigenvalue weighted by molar-refractivity contribution is 0.261. The van der Waals surface area contributed by atoms with Crippen LogP contribution in [0.25, 0.3) is 0 Å². The molecule has 0 saturated heterocycles. The van der Waals surface area contributed by atoms with Crippen LogP contribution in [-0.2, 0) is 5.41 Å². The summed E-state index contributed by atoms with van der Waals surface area (Å²) in [5.41, 5.74) is 1.20. The third kappa shape index (κ3) is 4.60. The molecule has 2 amide bonds. The maximum absolute atomic E-state index is 12.2. The average molecular weight is 352 g/mol. The van der Waals surface area contributed by atoms with Gasteiger partial charge >= 0.3 is 6.03 Å². The van der Waals surface area contributed by atoms with Gasteiger partial charge in [0, 0.05) is 35.6 Å². The van der Waals surface area contributed by atoms with Crippen LogP contribution in [0.15, 0.2) is 59.4 Å². The Kier molecular flexibility index (Phi) is 4.88. The van der Waals surface area contributed by atoms with Crippen molar-refractivity contribution in [1.29, 1.82) is 0 Å². The highest BCUT2D eigenvalue weighted by Crippen LogP contribution is 2.25. The van der Waals surface area contributed by atoms with Crippen molar-refractivity contribution in [3.05, 3.63) is 60.6 Å². The van der Waals surface area contributed by atoms with Crippen LogP contribution in [0.5, 0.6) is 11.5 Å². The largest absolute Gasteiger partial charge is 0.457 e. The lowest BCUT2D eigenvalue weighted by Gasteiger charge is -2.12. The zero-order valence-electron chi connectivity index (χ0n) is 14.8. The number of nitrogens with one attached hydrogen (secondary N) is 2. The first-order valence-electron chi connectivity index (χ1n) is 8.13. The fourth-order valence-corrected chi connectivity index (χ4v) is 2.14. The summed E-state index contributed by atoms with van der Waals surface area (Å²) in [4.78, 5) is 16.1. The topological polar surface area (TPSA) is 89.3 Å². The van der Waals surface area contributed by atoms with E-state index in [1.807, 2.05) is 20.8 Å². The van der Waals surface area contributed by atoms with E-state index in [9.17, 15) is 4.79 Å². The fourth-order valence-electron chi connectivity index (χ4n) is 2.14. The first-order valence-corrected chi connectivity index (χ1v) is 8.13. The maximum atomic E-state index is 12.2. The summed E-state index contributed by atoms with van der Waals surface area (Å²) in [6, 6.07) is 11.9. The first-order chi connectivity index (χ1) is 12.4. The molecule has 0 fully saturated rings. The number of hydrogen-bond donors (Lipinski definition) is 2. The third-order valence-electron chi connectivity index (χ3n) is 3.49. The molecule has 2 N–H and O–H groups in total. The van der Waals surface area contributed by atoms with Crippen LogP contribution >= 0.6 is 0 Å². The third-order valence-corrected chi connectivity index (χ3v) is 3.49. The zero-order valence-corrected chi connectivity index (χ0v) is 14.8. The Morgan fingerprint density at radius 3 is 2.50 bits per heavy atom. The van der Waals surface area contributed by atoms with E-state index in [1.165, 1.54) is 0 Å². The fraction of sp³-hybridized carbons (Fsp3) is 0.211. The van der Waals surface area contributed by atoms with Crippen molar-refractivity contribution in [2.24, 2.45) is 0 Å². The molecule has 0 saturated carbocycles. The van der Waals surface area contributed by atoms with Crippen molar-refractivity contribution in [3.8, 4) is 11.5 Å². The Morgan fingerprint density at radius 2 is 1.81 bits per heavy atom. The molecule has 1 aromatic carbocycles. The maximum Gasteiger partial charge on any atom is 0.326 e. The van der Waals surface area contributed by atoms with Crippen molar-refractivity contribution in [3.63, 3.8) is 0 Å². The number of amides is 2. The highest BCUT2D eigenvalue weighted by atomic mass is 16.5. The summed E-state index contributed by atoms with van der Waals surface area (Å²) in [7, 11) is 0. The normalized spacial score (nSPS) is 11.0. The van der Waals surface area contributed by atoms with E-state index in [-0.39, 0.29) is 11.3 Å². The van der Waals surface area contributed by atoms with Gasteiger partial charge in [-0.3, -0.25) is 10.3 Å². The molecule has 0 aliphatic heterocycles. The Hall–Kier alpha value is -3.35. The average Bonchev–Trinajstić information content (AvgIpc) is 3.05. The molecule has 2 heterocycles. The van der Waals surface area contributed by atoms with Crippen molar-refractivity contribution in [2.75, 3.05) is 10.6 Å². The smallest absolute Gasteiger partial charge is 0.326 e. The van der Waals surface area contributed by atoms with Crippen molar-refractivity contribution in [1.82, 2.24) is 10.1 Å². The van der Waals surface area contributed by atoms with Gasteiger partial charge < -0.3 is 14.6 Å². The van der Waals surface area contributed by atoms with Gasteiger partial charge in [-0.2, -0.15) is 0 Å². The zero-order chi connectivity index (χ0) is 18.6. The predicted octanol–water partition coefficient (Wildman–Crippen LogP) is 4.80. The van der Waals surface area contributed by atoms with Gasteiger partial charge in [0.15, 0.2) is 0 Å². The molecule has 26 heavy (non-hydrogen) atoms. The van der Waals surface area contributed by atoms with Gasteiger partial charge in [-0.15, -0.1) is 0 Å². The van der Waals surface area contributed by atoms with Crippen molar-refractivity contribution >= 4 is 17.6 Å². The van der Waals surface area contributed by atoms with Crippen molar-refractivity contribution < 1.29 is 14.1 Å². The summed E-state index contributed by atoms with van der Waals surface area (Å²) >= 11 is 0. The van der Waals surface area contributed by atoms with Gasteiger partial charge in [0.25, 0.3) is 0 Å². The quantitative estimate of drug-likeness (QED) is 0.704. The number of benzene rings is 1. The van der Waals surface area contributed by atoms with Gasteiger partial charge in [-0.1, -0.05) is 32.0 Å². The monoisotopic (exact) mass is 352 g/mol. The molecule has 0 aliphatic rings. The molecule has 0 unspecified atom stereocenters. The number of pyridine rings is 1. The molecular formula is C19H20N4O3. The lowest BCUT2D eigenvalue weighted by Crippen LogP contribution is -2.19. The minimum atomic E-state index is -0.428. The summed E-state index contributed by atoms with van der Waals surface area (Å²) in [5.74, 6) is 1.55. The highest BCUT2D eigenvalue weighted by Gasteiger charge is 2.19. The summed E-state index contributed by atoms with van der Waals surface area (Å²) in [5, 5.41) is 9.32. The molecule has 134 valence electrons. The molecule has 0 atom stereocenters. The second-order valence-electron chi connectivity index (χ2n) is 6.72. The van der Waals surface area contributed by atoms with Crippen molar-refractivity contribution in [2.45, 2.75) is 26.2 Å². The molecule has 0 bridgehead atoms. The number of rotatable bonds is 4. The van der Waals surface area contributed by atoms with Gasteiger partial charge in [-0.05, 0) is 24.3 Å². The number of aromatic nitrogens is 2. The molecule has 0 radical (unpaired) electrons. The van der Waals surface area contributed by atoms with E-state index in [0.29, 0.717) is 17.2 Å². The minimum Gasteiger partial charge on any atom is -0.457 e. The Balaban J connectivity index is 1.62. The van der Waals surface area contributed by atoms with Crippen LogP contribution in [0.3, 0.4) is 0 Å². The van der Waals surface area contributed by atoms with Gasteiger partial charge in [0.1, 0.15) is 11.5 Å². The van der Waals surface area contributed by atoms with E-state index in [2.05, 4.69) is 20.8 Å². The second kappa shape index (κ2) is 7.26. The van der Waals surface area contributed by atoms with E-state index in [1.54, 1.807) is 54.9 Å². The Labute approximate surface area is 151 Å². The van der Waals surface area contributed by atoms with Crippen LogP contribution in [0.2, 0.25) is 0 Å². The molecule has 7 nitrogen and oxygen atoms in total. The predicted molar refractivity (Wildman–Crippen MR) is 98.6 cm³/mol. The number of ether oxygens (including phenoxy) is 1. The number of urea groups is 1.